The Kier molecular flexibility index (Phi) is 5.14. The standard InChI is InChI=1S/C15H21FN2S/c16-12-9-6-10-13(14(12)15(17)19)18-11-7-4-2-1-3-5-8-11/h6,9-11,18H,1-5,7-8H2,(H2,17,19). The molecular formula is C15H21FN2S. The summed E-state index contributed by atoms with van der Waals surface area (Å²) in [7, 11) is 0. The summed E-state index contributed by atoms with van der Waals surface area (Å²) in [6.45, 7) is 0. The van der Waals surface area contributed by atoms with Crippen LogP contribution in [0.5, 0.6) is 0 Å². The lowest BCUT2D eigenvalue weighted by atomic mass is 9.96. The van der Waals surface area contributed by atoms with Crippen LogP contribution in [0.1, 0.15) is 50.5 Å². The molecule has 2 nitrogen and oxygen atoms in total. The minimum atomic E-state index is -0.344. The number of rotatable bonds is 3. The van der Waals surface area contributed by atoms with Crippen LogP contribution in [0, 0.1) is 5.82 Å². The second-order valence-electron chi connectivity index (χ2n) is 5.21. The molecule has 0 amide bonds. The van der Waals surface area contributed by atoms with Crippen LogP contribution in [-0.4, -0.2) is 11.0 Å². The summed E-state index contributed by atoms with van der Waals surface area (Å²) in [6.07, 6.45) is 8.66. The highest BCUT2D eigenvalue weighted by Crippen LogP contribution is 2.24. The lowest BCUT2D eigenvalue weighted by Gasteiger charge is -2.23. The minimum absolute atomic E-state index is 0.117. The van der Waals surface area contributed by atoms with Crippen LogP contribution in [0.3, 0.4) is 0 Å². The molecule has 0 bridgehead atoms. The molecule has 2 rings (SSSR count). The molecule has 0 aromatic heterocycles. The number of anilines is 1. The van der Waals surface area contributed by atoms with Gasteiger partial charge in [-0.25, -0.2) is 4.39 Å². The molecular weight excluding hydrogens is 259 g/mol. The summed E-state index contributed by atoms with van der Waals surface area (Å²) in [4.78, 5) is 0.117. The van der Waals surface area contributed by atoms with Crippen LogP contribution in [0.4, 0.5) is 10.1 Å². The maximum Gasteiger partial charge on any atom is 0.135 e. The quantitative estimate of drug-likeness (QED) is 0.822. The van der Waals surface area contributed by atoms with Crippen molar-refractivity contribution in [2.75, 3.05) is 5.32 Å². The zero-order valence-corrected chi connectivity index (χ0v) is 11.9. The highest BCUT2D eigenvalue weighted by molar-refractivity contribution is 7.80. The third kappa shape index (κ3) is 3.90. The first-order valence-corrected chi connectivity index (χ1v) is 7.44. The Bertz CT molecular complexity index is 440. The summed E-state index contributed by atoms with van der Waals surface area (Å²) in [6, 6.07) is 5.35. The highest BCUT2D eigenvalue weighted by Gasteiger charge is 2.16. The van der Waals surface area contributed by atoms with E-state index in [9.17, 15) is 4.39 Å². The molecule has 19 heavy (non-hydrogen) atoms. The van der Waals surface area contributed by atoms with Gasteiger partial charge < -0.3 is 11.1 Å². The average Bonchev–Trinajstić information content (AvgIpc) is 2.32. The third-order valence-corrected chi connectivity index (χ3v) is 3.93. The van der Waals surface area contributed by atoms with Crippen LogP contribution in [0.15, 0.2) is 18.2 Å². The Hall–Kier alpha value is -1.16. The van der Waals surface area contributed by atoms with E-state index in [2.05, 4.69) is 5.32 Å². The largest absolute Gasteiger partial charge is 0.389 e. The van der Waals surface area contributed by atoms with Crippen molar-refractivity contribution in [3.8, 4) is 0 Å². The van der Waals surface area contributed by atoms with E-state index < -0.39 is 0 Å². The van der Waals surface area contributed by atoms with Crippen molar-refractivity contribution in [1.29, 1.82) is 0 Å². The minimum Gasteiger partial charge on any atom is -0.389 e. The molecule has 1 saturated carbocycles. The van der Waals surface area contributed by atoms with Gasteiger partial charge in [-0.2, -0.15) is 0 Å². The van der Waals surface area contributed by atoms with Gasteiger partial charge in [0.05, 0.1) is 5.56 Å². The molecule has 1 aliphatic rings. The predicted octanol–water partition coefficient (Wildman–Crippen LogP) is 3.98. The molecule has 0 atom stereocenters. The van der Waals surface area contributed by atoms with E-state index in [1.807, 2.05) is 6.07 Å². The number of benzene rings is 1. The van der Waals surface area contributed by atoms with Gasteiger partial charge in [0.25, 0.3) is 0 Å². The summed E-state index contributed by atoms with van der Waals surface area (Å²) in [5, 5.41) is 3.43. The van der Waals surface area contributed by atoms with E-state index in [1.165, 1.54) is 38.2 Å². The van der Waals surface area contributed by atoms with Crippen LogP contribution in [0.25, 0.3) is 0 Å². The lowest BCUT2D eigenvalue weighted by Crippen LogP contribution is -2.23. The Morgan fingerprint density at radius 2 is 1.79 bits per heavy atom. The zero-order valence-electron chi connectivity index (χ0n) is 11.1. The van der Waals surface area contributed by atoms with E-state index in [0.717, 1.165) is 18.5 Å². The molecule has 1 aliphatic carbocycles. The van der Waals surface area contributed by atoms with Gasteiger partial charge in [-0.1, -0.05) is 50.4 Å². The van der Waals surface area contributed by atoms with Gasteiger partial charge in [0.1, 0.15) is 10.8 Å². The number of halogens is 1. The van der Waals surface area contributed by atoms with Gasteiger partial charge in [0.2, 0.25) is 0 Å². The van der Waals surface area contributed by atoms with Crippen LogP contribution < -0.4 is 11.1 Å². The molecule has 1 aromatic carbocycles. The third-order valence-electron chi connectivity index (χ3n) is 3.72. The van der Waals surface area contributed by atoms with Gasteiger partial charge in [0, 0.05) is 11.7 Å². The van der Waals surface area contributed by atoms with Gasteiger partial charge in [-0.05, 0) is 25.0 Å². The fourth-order valence-corrected chi connectivity index (χ4v) is 2.92. The maximum atomic E-state index is 13.8. The first kappa shape index (κ1) is 14.3. The van der Waals surface area contributed by atoms with Gasteiger partial charge >= 0.3 is 0 Å². The van der Waals surface area contributed by atoms with Gasteiger partial charge in [0.15, 0.2) is 0 Å². The Morgan fingerprint density at radius 1 is 1.16 bits per heavy atom. The molecule has 0 aliphatic heterocycles. The average molecular weight is 280 g/mol. The first-order valence-electron chi connectivity index (χ1n) is 7.03. The normalized spacial score (nSPS) is 17.5. The monoisotopic (exact) mass is 280 g/mol. The number of nitrogens with two attached hydrogens (primary N) is 1. The zero-order chi connectivity index (χ0) is 13.7. The molecule has 4 heteroatoms. The molecule has 0 spiro atoms. The highest BCUT2D eigenvalue weighted by atomic mass is 32.1. The predicted molar refractivity (Wildman–Crippen MR) is 82.0 cm³/mol. The van der Waals surface area contributed by atoms with Gasteiger partial charge in [-0.3, -0.25) is 0 Å². The topological polar surface area (TPSA) is 38.0 Å². The number of hydrogen-bond acceptors (Lipinski definition) is 2. The van der Waals surface area contributed by atoms with Crippen molar-refractivity contribution in [3.05, 3.63) is 29.6 Å². The first-order chi connectivity index (χ1) is 9.18. The molecule has 0 heterocycles. The smallest absolute Gasteiger partial charge is 0.135 e. The molecule has 1 fully saturated rings. The summed E-state index contributed by atoms with van der Waals surface area (Å²) in [5.74, 6) is -0.344. The van der Waals surface area contributed by atoms with Gasteiger partial charge in [-0.15, -0.1) is 0 Å². The van der Waals surface area contributed by atoms with Crippen molar-refractivity contribution in [2.24, 2.45) is 5.73 Å². The van der Waals surface area contributed by atoms with Crippen molar-refractivity contribution in [3.63, 3.8) is 0 Å². The van der Waals surface area contributed by atoms with Crippen molar-refractivity contribution in [1.82, 2.24) is 0 Å². The molecule has 0 radical (unpaired) electrons. The molecule has 0 saturated heterocycles. The van der Waals surface area contributed by atoms with Crippen LogP contribution in [-0.2, 0) is 0 Å². The van der Waals surface area contributed by atoms with Crippen LogP contribution in [0.2, 0.25) is 0 Å². The van der Waals surface area contributed by atoms with E-state index in [1.54, 1.807) is 6.07 Å². The molecule has 0 unspecified atom stereocenters. The number of hydrogen-bond donors (Lipinski definition) is 2. The van der Waals surface area contributed by atoms with E-state index >= 15 is 0 Å². The Morgan fingerprint density at radius 3 is 2.42 bits per heavy atom. The second-order valence-corrected chi connectivity index (χ2v) is 5.65. The SMILES string of the molecule is NC(=S)c1c(F)cccc1NC1CCCCCCC1. The fraction of sp³-hybridized carbons (Fsp3) is 0.533. The summed E-state index contributed by atoms with van der Waals surface area (Å²) in [5.41, 5.74) is 6.71. The summed E-state index contributed by atoms with van der Waals surface area (Å²) >= 11 is 4.95. The molecule has 3 N–H and O–H groups in total. The van der Waals surface area contributed by atoms with E-state index in [4.69, 9.17) is 18.0 Å². The maximum absolute atomic E-state index is 13.8. The van der Waals surface area contributed by atoms with Crippen LogP contribution >= 0.6 is 12.2 Å². The fourth-order valence-electron chi connectivity index (χ4n) is 2.72. The molecule has 1 aromatic rings. The number of thiocarbonyl (C=S) groups is 1. The van der Waals surface area contributed by atoms with Crippen molar-refractivity contribution in [2.45, 2.75) is 51.0 Å². The van der Waals surface area contributed by atoms with E-state index in [-0.39, 0.29) is 10.8 Å². The Balaban J connectivity index is 2.13. The van der Waals surface area contributed by atoms with Crippen molar-refractivity contribution < 1.29 is 4.39 Å². The van der Waals surface area contributed by atoms with E-state index in [0.29, 0.717) is 11.6 Å². The molecule has 104 valence electrons. The second kappa shape index (κ2) is 6.85. The lowest BCUT2D eigenvalue weighted by molar-refractivity contribution is 0.471. The summed E-state index contributed by atoms with van der Waals surface area (Å²) < 4.78 is 13.8. The Labute approximate surface area is 119 Å². The number of nitrogens with one attached hydrogen (secondary N) is 1. The van der Waals surface area contributed by atoms with Crippen molar-refractivity contribution >= 4 is 22.9 Å².